The van der Waals surface area contributed by atoms with Crippen molar-refractivity contribution in [2.45, 2.75) is 6.92 Å². The Labute approximate surface area is 120 Å². The number of benzene rings is 1. The van der Waals surface area contributed by atoms with E-state index in [2.05, 4.69) is 52.5 Å². The van der Waals surface area contributed by atoms with Gasteiger partial charge < -0.3 is 10.3 Å². The van der Waals surface area contributed by atoms with Crippen LogP contribution >= 0.6 is 11.3 Å². The standard InChI is InChI=1S/C16H13N3S/c1-10-12-6-8-17-14(12)5-4-13(10)19-15-9-11-3-2-7-18-16(11)20-15/h2-9,17,19H,1H3. The second-order valence-corrected chi connectivity index (χ2v) is 5.84. The third-order valence-electron chi connectivity index (χ3n) is 3.56. The molecule has 3 heterocycles. The van der Waals surface area contributed by atoms with Gasteiger partial charge in [0.1, 0.15) is 4.83 Å². The zero-order valence-corrected chi connectivity index (χ0v) is 11.8. The van der Waals surface area contributed by atoms with E-state index in [-0.39, 0.29) is 0 Å². The minimum atomic E-state index is 1.07. The van der Waals surface area contributed by atoms with Crippen molar-refractivity contribution in [3.8, 4) is 0 Å². The highest BCUT2D eigenvalue weighted by Crippen LogP contribution is 2.33. The summed E-state index contributed by atoms with van der Waals surface area (Å²) >= 11 is 1.68. The second-order valence-electron chi connectivity index (χ2n) is 4.81. The first-order chi connectivity index (χ1) is 9.81. The lowest BCUT2D eigenvalue weighted by molar-refractivity contribution is 1.45. The number of thiophene rings is 1. The van der Waals surface area contributed by atoms with E-state index in [9.17, 15) is 0 Å². The fraction of sp³-hybridized carbons (Fsp3) is 0.0625. The second kappa shape index (κ2) is 4.35. The zero-order valence-electron chi connectivity index (χ0n) is 11.0. The largest absolute Gasteiger partial charge is 0.361 e. The van der Waals surface area contributed by atoms with Crippen molar-refractivity contribution < 1.29 is 0 Å². The number of nitrogens with zero attached hydrogens (tertiary/aromatic N) is 1. The summed E-state index contributed by atoms with van der Waals surface area (Å²) in [5.74, 6) is 0. The van der Waals surface area contributed by atoms with Gasteiger partial charge in [-0.05, 0) is 42.8 Å². The summed E-state index contributed by atoms with van der Waals surface area (Å²) in [4.78, 5) is 8.68. The summed E-state index contributed by atoms with van der Waals surface area (Å²) in [5.41, 5.74) is 3.57. The Morgan fingerprint density at radius 3 is 3.05 bits per heavy atom. The lowest BCUT2D eigenvalue weighted by Crippen LogP contribution is -1.90. The predicted octanol–water partition coefficient (Wildman–Crippen LogP) is 4.83. The van der Waals surface area contributed by atoms with Gasteiger partial charge in [-0.3, -0.25) is 0 Å². The Bertz CT molecular complexity index is 871. The first-order valence-electron chi connectivity index (χ1n) is 6.49. The molecule has 4 heteroatoms. The van der Waals surface area contributed by atoms with Gasteiger partial charge >= 0.3 is 0 Å². The third-order valence-corrected chi connectivity index (χ3v) is 4.53. The van der Waals surface area contributed by atoms with Crippen LogP contribution in [0.1, 0.15) is 5.56 Å². The molecule has 3 nitrogen and oxygen atoms in total. The number of H-pyrrole nitrogens is 1. The molecular formula is C16H13N3S. The molecule has 3 aromatic heterocycles. The summed E-state index contributed by atoms with van der Waals surface area (Å²) in [5, 5.41) is 7.07. The van der Waals surface area contributed by atoms with Gasteiger partial charge in [0.05, 0.1) is 5.00 Å². The van der Waals surface area contributed by atoms with E-state index in [0.717, 1.165) is 15.5 Å². The van der Waals surface area contributed by atoms with Crippen molar-refractivity contribution in [3.05, 3.63) is 54.4 Å². The Morgan fingerprint density at radius 2 is 2.15 bits per heavy atom. The molecule has 0 fully saturated rings. The number of aromatic amines is 1. The molecule has 0 atom stereocenters. The molecule has 0 aliphatic heterocycles. The van der Waals surface area contributed by atoms with Crippen LogP contribution in [-0.4, -0.2) is 9.97 Å². The number of hydrogen-bond donors (Lipinski definition) is 2. The number of rotatable bonds is 2. The summed E-state index contributed by atoms with van der Waals surface area (Å²) in [7, 11) is 0. The fourth-order valence-electron chi connectivity index (χ4n) is 2.49. The zero-order chi connectivity index (χ0) is 13.5. The van der Waals surface area contributed by atoms with Gasteiger partial charge in [0.15, 0.2) is 0 Å². The number of fused-ring (bicyclic) bond motifs is 2. The molecule has 4 aromatic rings. The van der Waals surface area contributed by atoms with E-state index < -0.39 is 0 Å². The van der Waals surface area contributed by atoms with Crippen LogP contribution in [0.25, 0.3) is 21.1 Å². The molecule has 0 unspecified atom stereocenters. The number of pyridine rings is 1. The minimum absolute atomic E-state index is 1.07. The third kappa shape index (κ3) is 1.77. The molecule has 0 amide bonds. The smallest absolute Gasteiger partial charge is 0.125 e. The maximum Gasteiger partial charge on any atom is 0.125 e. The summed E-state index contributed by atoms with van der Waals surface area (Å²) in [6.07, 6.45) is 3.81. The van der Waals surface area contributed by atoms with Crippen LogP contribution < -0.4 is 5.32 Å². The number of hydrogen-bond acceptors (Lipinski definition) is 3. The van der Waals surface area contributed by atoms with Crippen molar-refractivity contribution in [2.24, 2.45) is 0 Å². The Hall–Kier alpha value is -2.33. The lowest BCUT2D eigenvalue weighted by Gasteiger charge is -2.08. The molecular weight excluding hydrogens is 266 g/mol. The van der Waals surface area contributed by atoms with Crippen LogP contribution in [0.5, 0.6) is 0 Å². The average Bonchev–Trinajstić information content (AvgIpc) is 3.08. The van der Waals surface area contributed by atoms with E-state index in [1.807, 2.05) is 18.5 Å². The van der Waals surface area contributed by atoms with Crippen LogP contribution in [0, 0.1) is 6.92 Å². The molecule has 0 aliphatic rings. The molecule has 0 radical (unpaired) electrons. The summed E-state index contributed by atoms with van der Waals surface area (Å²) in [6, 6.07) is 12.5. The molecule has 20 heavy (non-hydrogen) atoms. The maximum atomic E-state index is 4.38. The van der Waals surface area contributed by atoms with Crippen LogP contribution in [-0.2, 0) is 0 Å². The highest BCUT2D eigenvalue weighted by Gasteiger charge is 2.07. The van der Waals surface area contributed by atoms with Crippen LogP contribution in [0.2, 0.25) is 0 Å². The monoisotopic (exact) mass is 279 g/mol. The molecule has 1 aromatic carbocycles. The Balaban J connectivity index is 1.78. The van der Waals surface area contributed by atoms with E-state index in [1.165, 1.54) is 21.9 Å². The minimum Gasteiger partial charge on any atom is -0.361 e. The number of anilines is 2. The first kappa shape index (κ1) is 11.5. The molecule has 0 spiro atoms. The highest BCUT2D eigenvalue weighted by atomic mass is 32.1. The number of nitrogens with one attached hydrogen (secondary N) is 2. The molecule has 0 bridgehead atoms. The van der Waals surface area contributed by atoms with E-state index in [1.54, 1.807) is 11.3 Å². The van der Waals surface area contributed by atoms with E-state index in [4.69, 9.17) is 0 Å². The number of aromatic nitrogens is 2. The summed E-state index contributed by atoms with van der Waals surface area (Å²) < 4.78 is 0. The Morgan fingerprint density at radius 1 is 1.20 bits per heavy atom. The first-order valence-corrected chi connectivity index (χ1v) is 7.31. The van der Waals surface area contributed by atoms with Crippen molar-refractivity contribution in [1.82, 2.24) is 9.97 Å². The Kier molecular flexibility index (Phi) is 2.50. The van der Waals surface area contributed by atoms with Gasteiger partial charge in [-0.25, -0.2) is 4.98 Å². The van der Waals surface area contributed by atoms with E-state index >= 15 is 0 Å². The number of aryl methyl sites for hydroxylation is 1. The quantitative estimate of drug-likeness (QED) is 0.552. The molecule has 98 valence electrons. The van der Waals surface area contributed by atoms with Gasteiger partial charge in [0, 0.05) is 34.4 Å². The molecule has 2 N–H and O–H groups in total. The molecule has 0 aliphatic carbocycles. The summed E-state index contributed by atoms with van der Waals surface area (Å²) in [6.45, 7) is 2.14. The fourth-order valence-corrected chi connectivity index (χ4v) is 3.40. The van der Waals surface area contributed by atoms with Crippen molar-refractivity contribution >= 4 is 43.1 Å². The van der Waals surface area contributed by atoms with Crippen LogP contribution in [0.3, 0.4) is 0 Å². The van der Waals surface area contributed by atoms with Crippen LogP contribution in [0.4, 0.5) is 10.7 Å². The van der Waals surface area contributed by atoms with Gasteiger partial charge in [-0.1, -0.05) is 17.4 Å². The topological polar surface area (TPSA) is 40.7 Å². The van der Waals surface area contributed by atoms with Gasteiger partial charge in [-0.2, -0.15) is 0 Å². The van der Waals surface area contributed by atoms with Gasteiger partial charge in [0.25, 0.3) is 0 Å². The predicted molar refractivity (Wildman–Crippen MR) is 85.9 cm³/mol. The van der Waals surface area contributed by atoms with Gasteiger partial charge in [0.2, 0.25) is 0 Å². The van der Waals surface area contributed by atoms with Crippen LogP contribution in [0.15, 0.2) is 48.8 Å². The normalized spacial score (nSPS) is 11.2. The van der Waals surface area contributed by atoms with Crippen molar-refractivity contribution in [3.63, 3.8) is 0 Å². The SMILES string of the molecule is Cc1c(Nc2cc3cccnc3s2)ccc2[nH]ccc12. The average molecular weight is 279 g/mol. The molecule has 0 saturated carbocycles. The lowest BCUT2D eigenvalue weighted by atomic mass is 10.1. The molecule has 0 saturated heterocycles. The van der Waals surface area contributed by atoms with Crippen molar-refractivity contribution in [2.75, 3.05) is 5.32 Å². The van der Waals surface area contributed by atoms with Gasteiger partial charge in [-0.15, -0.1) is 0 Å². The highest BCUT2D eigenvalue weighted by molar-refractivity contribution is 7.22. The maximum absolute atomic E-state index is 4.38. The van der Waals surface area contributed by atoms with Crippen molar-refractivity contribution in [1.29, 1.82) is 0 Å². The van der Waals surface area contributed by atoms with E-state index in [0.29, 0.717) is 0 Å². The molecule has 4 rings (SSSR count).